The van der Waals surface area contributed by atoms with Crippen molar-refractivity contribution in [1.82, 2.24) is 0 Å². The predicted molar refractivity (Wildman–Crippen MR) is 89.7 cm³/mol. The van der Waals surface area contributed by atoms with Crippen LogP contribution in [0.15, 0.2) is 0 Å². The van der Waals surface area contributed by atoms with E-state index in [1.807, 2.05) is 0 Å². The monoisotopic (exact) mass is 322 g/mol. The van der Waals surface area contributed by atoms with Crippen molar-refractivity contribution in [3.05, 3.63) is 0 Å². The Hall–Kier alpha value is -0.120. The average molecular weight is 322 g/mol. The van der Waals surface area contributed by atoms with Gasteiger partial charge in [0.05, 0.1) is 18.3 Å². The molecule has 3 N–H and O–H groups in total. The molecule has 4 aliphatic carbocycles. The zero-order valence-electron chi connectivity index (χ0n) is 14.9. The normalized spacial score (nSPS) is 62.3. The molecule has 3 nitrogen and oxygen atoms in total. The number of hydrogen-bond donors (Lipinski definition) is 3. The number of aliphatic hydroxyl groups excluding tert-OH is 3. The second kappa shape index (κ2) is 5.19. The fourth-order valence-electron chi connectivity index (χ4n) is 7.54. The fourth-order valence-corrected chi connectivity index (χ4v) is 7.54. The van der Waals surface area contributed by atoms with Crippen LogP contribution in [0.25, 0.3) is 0 Å². The topological polar surface area (TPSA) is 60.7 Å². The van der Waals surface area contributed by atoms with Gasteiger partial charge in [-0.2, -0.15) is 0 Å². The highest BCUT2D eigenvalue weighted by atomic mass is 16.3. The van der Waals surface area contributed by atoms with Gasteiger partial charge >= 0.3 is 0 Å². The van der Waals surface area contributed by atoms with Gasteiger partial charge in [0, 0.05) is 0 Å². The Morgan fingerprint density at radius 1 is 0.826 bits per heavy atom. The summed E-state index contributed by atoms with van der Waals surface area (Å²) in [6.07, 6.45) is 6.44. The summed E-state index contributed by atoms with van der Waals surface area (Å²) < 4.78 is 0. The van der Waals surface area contributed by atoms with E-state index in [2.05, 4.69) is 20.8 Å². The van der Waals surface area contributed by atoms with Crippen molar-refractivity contribution in [3.8, 4) is 0 Å². The molecule has 0 aromatic rings. The molecule has 23 heavy (non-hydrogen) atoms. The van der Waals surface area contributed by atoms with E-state index < -0.39 is 0 Å². The summed E-state index contributed by atoms with van der Waals surface area (Å²) in [5, 5.41) is 31.9. The highest BCUT2D eigenvalue weighted by Gasteiger charge is 2.63. The molecule has 4 fully saturated rings. The maximum absolute atomic E-state index is 11.0. The molecule has 0 heterocycles. The molecule has 0 aliphatic heterocycles. The van der Waals surface area contributed by atoms with E-state index in [4.69, 9.17) is 0 Å². The summed E-state index contributed by atoms with van der Waals surface area (Å²) in [6.45, 7) is 6.89. The van der Waals surface area contributed by atoms with Crippen molar-refractivity contribution < 1.29 is 15.3 Å². The minimum Gasteiger partial charge on any atom is -0.393 e. The van der Waals surface area contributed by atoms with Crippen LogP contribution >= 0.6 is 0 Å². The molecule has 3 unspecified atom stereocenters. The lowest BCUT2D eigenvalue weighted by Gasteiger charge is -2.61. The Kier molecular flexibility index (Phi) is 3.69. The van der Waals surface area contributed by atoms with Gasteiger partial charge < -0.3 is 15.3 Å². The van der Waals surface area contributed by atoms with Gasteiger partial charge in [-0.15, -0.1) is 0 Å². The van der Waals surface area contributed by atoms with Crippen LogP contribution in [0.3, 0.4) is 0 Å². The smallest absolute Gasteiger partial charge is 0.0622 e. The third-order valence-corrected chi connectivity index (χ3v) is 8.93. The Morgan fingerprint density at radius 3 is 2.26 bits per heavy atom. The lowest BCUT2D eigenvalue weighted by Crippen LogP contribution is -2.58. The number of aliphatic hydroxyl groups is 3. The predicted octanol–water partition coefficient (Wildman–Crippen LogP) is 2.97. The van der Waals surface area contributed by atoms with Gasteiger partial charge in [0.1, 0.15) is 0 Å². The molecule has 0 saturated heterocycles. The summed E-state index contributed by atoms with van der Waals surface area (Å²) in [7, 11) is 0. The van der Waals surface area contributed by atoms with Crippen molar-refractivity contribution in [2.75, 3.05) is 0 Å². The van der Waals surface area contributed by atoms with Gasteiger partial charge in [-0.25, -0.2) is 0 Å². The first-order valence-electron chi connectivity index (χ1n) is 9.81. The van der Waals surface area contributed by atoms with Crippen molar-refractivity contribution in [1.29, 1.82) is 0 Å². The minimum absolute atomic E-state index is 0.00105. The van der Waals surface area contributed by atoms with Gasteiger partial charge in [0.15, 0.2) is 0 Å². The maximum atomic E-state index is 11.0. The highest BCUT2D eigenvalue weighted by Crippen LogP contribution is 2.66. The number of rotatable bonds is 0. The molecule has 0 aromatic heterocycles. The molecule has 0 bridgehead atoms. The molecule has 0 aromatic carbocycles. The molecule has 0 amide bonds. The summed E-state index contributed by atoms with van der Waals surface area (Å²) in [4.78, 5) is 0. The third kappa shape index (κ3) is 2.12. The van der Waals surface area contributed by atoms with Crippen LogP contribution in [0.5, 0.6) is 0 Å². The van der Waals surface area contributed by atoms with Gasteiger partial charge in [-0.1, -0.05) is 20.8 Å². The first-order chi connectivity index (χ1) is 10.8. The lowest BCUT2D eigenvalue weighted by molar-refractivity contribution is -0.177. The van der Waals surface area contributed by atoms with Crippen LogP contribution in [0.1, 0.15) is 65.7 Å². The summed E-state index contributed by atoms with van der Waals surface area (Å²) in [5.74, 6) is 2.21. The molecular weight excluding hydrogens is 288 g/mol. The molecule has 132 valence electrons. The Balaban J connectivity index is 1.68. The SMILES string of the molecule is C[C@@H]1CC2C3C(CC[C@]2(C)[C@H]1O)[C@@]1(C)CC[C@@H](O)C[C@H]1C[C@@H]3O. The highest BCUT2D eigenvalue weighted by molar-refractivity contribution is 5.12. The van der Waals surface area contributed by atoms with E-state index in [1.165, 1.54) is 0 Å². The number of fused-ring (bicyclic) bond motifs is 5. The Bertz CT molecular complexity index is 480. The second-order valence-corrected chi connectivity index (χ2v) is 9.93. The van der Waals surface area contributed by atoms with Crippen LogP contribution in [0, 0.1) is 40.4 Å². The molecule has 4 saturated carbocycles. The van der Waals surface area contributed by atoms with E-state index in [0.717, 1.165) is 44.9 Å². The van der Waals surface area contributed by atoms with Crippen LogP contribution in [0.4, 0.5) is 0 Å². The molecular formula is C20H34O3. The summed E-state index contributed by atoms with van der Waals surface area (Å²) >= 11 is 0. The van der Waals surface area contributed by atoms with Gasteiger partial charge in [-0.05, 0) is 85.4 Å². The molecule has 4 rings (SSSR count). The first kappa shape index (κ1) is 16.4. The van der Waals surface area contributed by atoms with Crippen molar-refractivity contribution in [2.45, 2.75) is 84.0 Å². The van der Waals surface area contributed by atoms with Crippen LogP contribution in [-0.2, 0) is 0 Å². The first-order valence-corrected chi connectivity index (χ1v) is 9.81. The summed E-state index contributed by atoms with van der Waals surface area (Å²) in [5.41, 5.74) is 0.278. The van der Waals surface area contributed by atoms with Gasteiger partial charge in [-0.3, -0.25) is 0 Å². The van der Waals surface area contributed by atoms with E-state index >= 15 is 0 Å². The molecule has 0 radical (unpaired) electrons. The molecule has 4 aliphatic rings. The molecule has 0 spiro atoms. The largest absolute Gasteiger partial charge is 0.393 e. The van der Waals surface area contributed by atoms with Gasteiger partial charge in [0.25, 0.3) is 0 Å². The summed E-state index contributed by atoms with van der Waals surface area (Å²) in [6, 6.07) is 0. The van der Waals surface area contributed by atoms with Crippen molar-refractivity contribution >= 4 is 0 Å². The average Bonchev–Trinajstić information content (AvgIpc) is 2.73. The maximum Gasteiger partial charge on any atom is 0.0622 e. The molecule has 10 atom stereocenters. The lowest BCUT2D eigenvalue weighted by atomic mass is 9.44. The van der Waals surface area contributed by atoms with Crippen molar-refractivity contribution in [2.24, 2.45) is 40.4 Å². The standard InChI is InChI=1S/C20H34O3/c1-11-8-15-17-14(5-7-20(15,3)18(11)23)19(2)6-4-13(21)9-12(19)10-16(17)22/h11-18,21-23H,4-10H2,1-3H3/t11-,12+,13-,14?,15?,16+,17?,18+,19+,20+/m1/s1. The van der Waals surface area contributed by atoms with E-state index in [9.17, 15) is 15.3 Å². The van der Waals surface area contributed by atoms with Crippen molar-refractivity contribution in [3.63, 3.8) is 0 Å². The van der Waals surface area contributed by atoms with E-state index in [0.29, 0.717) is 29.6 Å². The number of hydrogen-bond acceptors (Lipinski definition) is 3. The van der Waals surface area contributed by atoms with Crippen LogP contribution in [0.2, 0.25) is 0 Å². The zero-order valence-corrected chi connectivity index (χ0v) is 14.9. The quantitative estimate of drug-likeness (QED) is 0.642. The molecule has 3 heteroatoms. The Labute approximate surface area is 140 Å². The van der Waals surface area contributed by atoms with E-state index in [1.54, 1.807) is 0 Å². The van der Waals surface area contributed by atoms with Gasteiger partial charge in [0.2, 0.25) is 0 Å². The van der Waals surface area contributed by atoms with E-state index in [-0.39, 0.29) is 29.1 Å². The third-order valence-electron chi connectivity index (χ3n) is 8.93. The van der Waals surface area contributed by atoms with Crippen LogP contribution in [-0.4, -0.2) is 33.6 Å². The fraction of sp³-hybridized carbons (Fsp3) is 1.00. The second-order valence-electron chi connectivity index (χ2n) is 9.93. The van der Waals surface area contributed by atoms with Crippen LogP contribution < -0.4 is 0 Å². The minimum atomic E-state index is -0.245. The zero-order chi connectivity index (χ0) is 16.6. The Morgan fingerprint density at radius 2 is 1.52 bits per heavy atom.